The van der Waals surface area contributed by atoms with Crippen molar-refractivity contribution in [1.29, 1.82) is 0 Å². The summed E-state index contributed by atoms with van der Waals surface area (Å²) in [4.78, 5) is 11.7. The van der Waals surface area contributed by atoms with Gasteiger partial charge in [0, 0.05) is 0 Å². The van der Waals surface area contributed by atoms with E-state index in [4.69, 9.17) is 0 Å². The summed E-state index contributed by atoms with van der Waals surface area (Å²) >= 11 is 3.54. The van der Waals surface area contributed by atoms with E-state index in [2.05, 4.69) is 26.3 Å². The Balaban J connectivity index is 2.10. The van der Waals surface area contributed by atoms with Gasteiger partial charge >= 0.3 is 5.97 Å². The highest BCUT2D eigenvalue weighted by Crippen LogP contribution is 2.36. The molecule has 5 nitrogen and oxygen atoms in total. The summed E-state index contributed by atoms with van der Waals surface area (Å²) < 4.78 is 15.9. The summed E-state index contributed by atoms with van der Waals surface area (Å²) in [6, 6.07) is 4.47. The van der Waals surface area contributed by atoms with Gasteiger partial charge in [-0.2, -0.15) is 5.10 Å². The Kier molecular flexibility index (Phi) is 4.75. The number of allylic oxidation sites excluding steroid dienone is 2. The molecule has 1 aliphatic rings. The fourth-order valence-corrected chi connectivity index (χ4v) is 3.44. The fraction of sp³-hybridized carbons (Fsp3) is 0.263. The van der Waals surface area contributed by atoms with E-state index in [9.17, 15) is 14.3 Å². The molecule has 0 saturated heterocycles. The molecule has 0 bridgehead atoms. The lowest BCUT2D eigenvalue weighted by Crippen LogP contribution is -2.45. The van der Waals surface area contributed by atoms with E-state index in [1.165, 1.54) is 12.1 Å². The highest BCUT2D eigenvalue weighted by molar-refractivity contribution is 9.10. The van der Waals surface area contributed by atoms with Gasteiger partial charge in [0.05, 0.1) is 21.4 Å². The summed E-state index contributed by atoms with van der Waals surface area (Å²) in [6.07, 6.45) is 7.02. The minimum absolute atomic E-state index is 0.318. The van der Waals surface area contributed by atoms with Crippen LogP contribution >= 0.6 is 15.9 Å². The molecule has 1 aliphatic carbocycles. The van der Waals surface area contributed by atoms with Crippen LogP contribution in [0.1, 0.15) is 18.2 Å². The average molecular weight is 420 g/mol. The van der Waals surface area contributed by atoms with Gasteiger partial charge < -0.3 is 10.4 Å². The Bertz CT molecular complexity index is 935. The van der Waals surface area contributed by atoms with Crippen molar-refractivity contribution in [3.63, 3.8) is 0 Å². The lowest BCUT2D eigenvalue weighted by molar-refractivity contribution is -0.141. The molecule has 7 heteroatoms. The summed E-state index contributed by atoms with van der Waals surface area (Å²) in [5, 5.41) is 17.4. The molecule has 1 aromatic carbocycles. The first-order chi connectivity index (χ1) is 12.2. The van der Waals surface area contributed by atoms with E-state index < -0.39 is 17.4 Å². The zero-order valence-corrected chi connectivity index (χ0v) is 16.2. The maximum Gasteiger partial charge on any atom is 0.313 e. The molecule has 26 heavy (non-hydrogen) atoms. The third-order valence-corrected chi connectivity index (χ3v) is 5.48. The Hall–Kier alpha value is -2.41. The van der Waals surface area contributed by atoms with Crippen LogP contribution in [0, 0.1) is 25.6 Å². The molecule has 2 N–H and O–H groups in total. The van der Waals surface area contributed by atoms with Crippen molar-refractivity contribution in [2.75, 3.05) is 5.32 Å². The predicted molar refractivity (Wildman–Crippen MR) is 102 cm³/mol. The van der Waals surface area contributed by atoms with Gasteiger partial charge in [0.2, 0.25) is 0 Å². The van der Waals surface area contributed by atoms with Crippen molar-refractivity contribution in [2.45, 2.75) is 26.3 Å². The molecule has 0 amide bonds. The number of hydrogen-bond donors (Lipinski definition) is 2. The van der Waals surface area contributed by atoms with Crippen molar-refractivity contribution in [3.8, 4) is 5.69 Å². The van der Waals surface area contributed by atoms with Gasteiger partial charge in [-0.15, -0.1) is 0 Å². The highest BCUT2D eigenvalue weighted by atomic mass is 79.9. The van der Waals surface area contributed by atoms with Crippen LogP contribution in [0.25, 0.3) is 5.69 Å². The molecule has 0 radical (unpaired) electrons. The van der Waals surface area contributed by atoms with E-state index in [0.717, 1.165) is 15.7 Å². The van der Waals surface area contributed by atoms with Crippen molar-refractivity contribution in [1.82, 2.24) is 9.78 Å². The molecule has 1 aromatic heterocycles. The molecule has 0 spiro atoms. The number of carboxylic acid groups (broad SMARTS) is 1. The van der Waals surface area contributed by atoms with Gasteiger partial charge in [0.15, 0.2) is 0 Å². The van der Waals surface area contributed by atoms with Crippen LogP contribution in [0.3, 0.4) is 0 Å². The lowest BCUT2D eigenvalue weighted by atomic mass is 9.82. The molecular weight excluding hydrogens is 401 g/mol. The van der Waals surface area contributed by atoms with Crippen molar-refractivity contribution >= 4 is 27.7 Å². The number of carboxylic acids is 1. The molecule has 0 saturated carbocycles. The smallest absolute Gasteiger partial charge is 0.313 e. The lowest BCUT2D eigenvalue weighted by Gasteiger charge is -2.34. The molecule has 3 rings (SSSR count). The zero-order chi connectivity index (χ0) is 19.1. The van der Waals surface area contributed by atoms with Crippen molar-refractivity contribution < 1.29 is 14.3 Å². The van der Waals surface area contributed by atoms with E-state index >= 15 is 0 Å². The normalized spacial score (nSPS) is 21.8. The number of aromatic nitrogens is 2. The summed E-state index contributed by atoms with van der Waals surface area (Å²) in [5.41, 5.74) is 1.33. The Labute approximate surface area is 159 Å². The van der Waals surface area contributed by atoms with Crippen molar-refractivity contribution in [3.05, 3.63) is 64.1 Å². The maximum atomic E-state index is 13.5. The number of nitrogens with zero attached hydrogens (tertiary/aromatic N) is 2. The van der Waals surface area contributed by atoms with E-state index in [1.54, 1.807) is 29.8 Å². The van der Waals surface area contributed by atoms with Crippen LogP contribution in [0.5, 0.6) is 0 Å². The molecule has 2 unspecified atom stereocenters. The van der Waals surface area contributed by atoms with E-state index in [0.29, 0.717) is 11.5 Å². The maximum absolute atomic E-state index is 13.5. The van der Waals surface area contributed by atoms with Crippen molar-refractivity contribution in [2.24, 2.45) is 5.92 Å². The first-order valence-corrected chi connectivity index (χ1v) is 8.91. The van der Waals surface area contributed by atoms with Crippen LogP contribution in [-0.4, -0.2) is 26.4 Å². The largest absolute Gasteiger partial charge is 0.481 e. The monoisotopic (exact) mass is 419 g/mol. The van der Waals surface area contributed by atoms with Crippen LogP contribution in [-0.2, 0) is 4.79 Å². The predicted octanol–water partition coefficient (Wildman–Crippen LogP) is 4.39. The van der Waals surface area contributed by atoms with E-state index in [1.807, 2.05) is 26.0 Å². The number of carbonyl (C=O) groups is 1. The summed E-state index contributed by atoms with van der Waals surface area (Å²) in [7, 11) is 0. The SMILES string of the molecule is Cc1cc(F)ccc1-n1nc(C)c(Br)c1NC1(C)C=CC=CC1C(=O)O. The number of hydrogen-bond acceptors (Lipinski definition) is 3. The van der Waals surface area contributed by atoms with Gasteiger partial charge in [-0.05, 0) is 60.5 Å². The quantitative estimate of drug-likeness (QED) is 0.770. The first-order valence-electron chi connectivity index (χ1n) is 8.11. The Morgan fingerprint density at radius 1 is 1.38 bits per heavy atom. The molecular formula is C19H19BrFN3O2. The number of anilines is 1. The van der Waals surface area contributed by atoms with Crippen LogP contribution in [0.15, 0.2) is 47.0 Å². The van der Waals surface area contributed by atoms with Crippen LogP contribution in [0.4, 0.5) is 10.2 Å². The molecule has 1 heterocycles. The molecule has 2 atom stereocenters. The number of nitrogens with one attached hydrogen (secondary N) is 1. The van der Waals surface area contributed by atoms with Gasteiger partial charge in [-0.3, -0.25) is 4.79 Å². The molecule has 136 valence electrons. The van der Waals surface area contributed by atoms with Gasteiger partial charge in [0.25, 0.3) is 0 Å². The van der Waals surface area contributed by atoms with Gasteiger partial charge in [-0.25, -0.2) is 9.07 Å². The van der Waals surface area contributed by atoms with Gasteiger partial charge in [-0.1, -0.05) is 24.3 Å². The molecule has 2 aromatic rings. The first kappa shape index (κ1) is 18.4. The number of rotatable bonds is 4. The van der Waals surface area contributed by atoms with Crippen LogP contribution < -0.4 is 5.32 Å². The topological polar surface area (TPSA) is 67.2 Å². The molecule has 0 fully saturated rings. The Morgan fingerprint density at radius 3 is 2.77 bits per heavy atom. The fourth-order valence-electron chi connectivity index (χ4n) is 3.09. The number of aryl methyl sites for hydroxylation is 2. The number of halogens is 2. The summed E-state index contributed by atoms with van der Waals surface area (Å²) in [6.45, 7) is 5.47. The summed E-state index contributed by atoms with van der Waals surface area (Å²) in [5.74, 6) is -1.36. The van der Waals surface area contributed by atoms with E-state index in [-0.39, 0.29) is 5.82 Å². The molecule has 0 aliphatic heterocycles. The van der Waals surface area contributed by atoms with Crippen LogP contribution in [0.2, 0.25) is 0 Å². The second kappa shape index (κ2) is 6.72. The third-order valence-electron chi connectivity index (χ3n) is 4.53. The number of benzene rings is 1. The standard InChI is InChI=1S/C19H19BrFN3O2/c1-11-10-13(21)7-8-15(11)24-17(16(20)12(2)23-24)22-19(3)9-5-4-6-14(19)18(25)26/h4-10,14,22H,1-3H3,(H,25,26). The second-order valence-corrected chi connectivity index (χ2v) is 7.35. The minimum Gasteiger partial charge on any atom is -0.481 e. The minimum atomic E-state index is -0.919. The Morgan fingerprint density at radius 2 is 2.12 bits per heavy atom. The highest BCUT2D eigenvalue weighted by Gasteiger charge is 2.38. The van der Waals surface area contributed by atoms with Gasteiger partial charge in [0.1, 0.15) is 17.6 Å². The number of aliphatic carboxylic acids is 1. The average Bonchev–Trinajstić information content (AvgIpc) is 2.83. The third kappa shape index (κ3) is 3.19. The zero-order valence-electron chi connectivity index (χ0n) is 14.6. The second-order valence-electron chi connectivity index (χ2n) is 6.56.